The number of amides is 1. The highest BCUT2D eigenvalue weighted by molar-refractivity contribution is 7.80. The third kappa shape index (κ3) is 3.56. The summed E-state index contributed by atoms with van der Waals surface area (Å²) >= 11 is 10.9. The van der Waals surface area contributed by atoms with Crippen LogP contribution in [0.4, 0.5) is 10.1 Å². The third-order valence-corrected chi connectivity index (χ3v) is 3.50. The minimum Gasteiger partial charge on any atom is -0.389 e. The van der Waals surface area contributed by atoms with Crippen molar-refractivity contribution in [3.63, 3.8) is 0 Å². The summed E-state index contributed by atoms with van der Waals surface area (Å²) < 4.78 is 13.5. The van der Waals surface area contributed by atoms with Crippen LogP contribution in [0.2, 0.25) is 5.02 Å². The van der Waals surface area contributed by atoms with E-state index in [4.69, 9.17) is 29.6 Å². The van der Waals surface area contributed by atoms with E-state index < -0.39 is 11.7 Å². The Balaban J connectivity index is 2.28. The van der Waals surface area contributed by atoms with Crippen LogP contribution in [0.5, 0.6) is 0 Å². The van der Waals surface area contributed by atoms with Gasteiger partial charge in [0.15, 0.2) is 0 Å². The van der Waals surface area contributed by atoms with E-state index in [0.717, 1.165) is 0 Å². The number of halogens is 2. The summed E-state index contributed by atoms with van der Waals surface area (Å²) in [6.45, 7) is 1.62. The highest BCUT2D eigenvalue weighted by atomic mass is 35.5. The van der Waals surface area contributed by atoms with Crippen molar-refractivity contribution in [3.05, 3.63) is 63.9 Å². The molecule has 2 aromatic carbocycles. The zero-order chi connectivity index (χ0) is 15.6. The Hall–Kier alpha value is -1.98. The van der Waals surface area contributed by atoms with Crippen LogP contribution in [0.15, 0.2) is 36.4 Å². The molecule has 0 saturated heterocycles. The van der Waals surface area contributed by atoms with Crippen molar-refractivity contribution in [1.29, 1.82) is 0 Å². The Morgan fingerprint density at radius 3 is 2.52 bits per heavy atom. The highest BCUT2D eigenvalue weighted by Gasteiger charge is 2.11. The van der Waals surface area contributed by atoms with Gasteiger partial charge in [-0.15, -0.1) is 0 Å². The summed E-state index contributed by atoms with van der Waals surface area (Å²) in [6, 6.07) is 9.08. The van der Waals surface area contributed by atoms with Crippen molar-refractivity contribution in [2.45, 2.75) is 6.92 Å². The Kier molecular flexibility index (Phi) is 4.55. The maximum absolute atomic E-state index is 13.5. The molecule has 108 valence electrons. The second-order valence-corrected chi connectivity index (χ2v) is 5.32. The zero-order valence-electron chi connectivity index (χ0n) is 11.1. The largest absolute Gasteiger partial charge is 0.389 e. The Bertz CT molecular complexity index is 734. The van der Waals surface area contributed by atoms with Crippen LogP contribution < -0.4 is 11.1 Å². The van der Waals surface area contributed by atoms with E-state index in [1.165, 1.54) is 12.1 Å². The van der Waals surface area contributed by atoms with Gasteiger partial charge < -0.3 is 11.1 Å². The lowest BCUT2D eigenvalue weighted by atomic mass is 10.1. The SMILES string of the molecule is Cc1ccc(C(=O)Nc2cc(C(N)=S)ccc2Cl)cc1F. The number of carbonyl (C=O) groups is 1. The first-order valence-corrected chi connectivity index (χ1v) is 6.84. The molecule has 1 amide bonds. The fraction of sp³-hybridized carbons (Fsp3) is 0.0667. The molecule has 0 unspecified atom stereocenters. The molecule has 0 spiro atoms. The van der Waals surface area contributed by atoms with E-state index in [9.17, 15) is 9.18 Å². The van der Waals surface area contributed by atoms with Crippen molar-refractivity contribution in [2.75, 3.05) is 5.32 Å². The minimum atomic E-state index is -0.462. The molecule has 0 aliphatic rings. The van der Waals surface area contributed by atoms with Gasteiger partial charge in [0.2, 0.25) is 0 Å². The van der Waals surface area contributed by atoms with E-state index in [-0.39, 0.29) is 10.6 Å². The fourth-order valence-corrected chi connectivity index (χ4v) is 1.99. The average Bonchev–Trinajstić information content (AvgIpc) is 2.43. The highest BCUT2D eigenvalue weighted by Crippen LogP contribution is 2.24. The summed E-state index contributed by atoms with van der Waals surface area (Å²) in [5.41, 5.74) is 7.16. The lowest BCUT2D eigenvalue weighted by Gasteiger charge is -2.09. The topological polar surface area (TPSA) is 55.1 Å². The molecule has 0 heterocycles. The van der Waals surface area contributed by atoms with Gasteiger partial charge in [0.1, 0.15) is 10.8 Å². The molecule has 2 rings (SSSR count). The van der Waals surface area contributed by atoms with E-state index in [2.05, 4.69) is 5.32 Å². The third-order valence-electron chi connectivity index (χ3n) is 2.93. The first-order chi connectivity index (χ1) is 9.88. The van der Waals surface area contributed by atoms with Gasteiger partial charge in [-0.1, -0.05) is 36.0 Å². The van der Waals surface area contributed by atoms with Gasteiger partial charge in [0.05, 0.1) is 10.7 Å². The lowest BCUT2D eigenvalue weighted by Crippen LogP contribution is -2.14. The molecule has 6 heteroatoms. The Labute approximate surface area is 131 Å². The standard InChI is InChI=1S/C15H12ClFN2OS/c1-8-2-3-10(6-12(8)17)15(20)19-13-7-9(14(18)21)4-5-11(13)16/h2-7H,1H3,(H2,18,21)(H,19,20). The summed E-state index contributed by atoms with van der Waals surface area (Å²) in [5, 5.41) is 2.96. The second kappa shape index (κ2) is 6.20. The second-order valence-electron chi connectivity index (χ2n) is 4.48. The predicted molar refractivity (Wildman–Crippen MR) is 86.4 cm³/mol. The molecular weight excluding hydrogens is 311 g/mol. The number of nitrogens with two attached hydrogens (primary N) is 1. The van der Waals surface area contributed by atoms with Gasteiger partial charge in [-0.05, 0) is 36.8 Å². The fourth-order valence-electron chi connectivity index (χ4n) is 1.70. The summed E-state index contributed by atoms with van der Waals surface area (Å²) in [7, 11) is 0. The maximum Gasteiger partial charge on any atom is 0.255 e. The van der Waals surface area contributed by atoms with Gasteiger partial charge in [-0.3, -0.25) is 4.79 Å². The molecule has 0 atom stereocenters. The van der Waals surface area contributed by atoms with Crippen LogP contribution in [0.3, 0.4) is 0 Å². The first kappa shape index (κ1) is 15.4. The normalized spacial score (nSPS) is 10.2. The van der Waals surface area contributed by atoms with Crippen LogP contribution in [-0.4, -0.2) is 10.9 Å². The molecule has 21 heavy (non-hydrogen) atoms. The van der Waals surface area contributed by atoms with Gasteiger partial charge in [-0.25, -0.2) is 4.39 Å². The number of rotatable bonds is 3. The molecule has 0 fully saturated rings. The molecule has 0 aliphatic carbocycles. The first-order valence-electron chi connectivity index (χ1n) is 6.05. The van der Waals surface area contributed by atoms with Gasteiger partial charge in [0.25, 0.3) is 5.91 Å². The zero-order valence-corrected chi connectivity index (χ0v) is 12.7. The number of carbonyl (C=O) groups excluding carboxylic acids is 1. The Morgan fingerprint density at radius 1 is 1.24 bits per heavy atom. The average molecular weight is 323 g/mol. The molecule has 0 aromatic heterocycles. The molecule has 0 radical (unpaired) electrons. The van der Waals surface area contributed by atoms with Crippen molar-refractivity contribution < 1.29 is 9.18 Å². The van der Waals surface area contributed by atoms with E-state index in [0.29, 0.717) is 21.8 Å². The van der Waals surface area contributed by atoms with Crippen molar-refractivity contribution in [2.24, 2.45) is 5.73 Å². The molecular formula is C15H12ClFN2OS. The quantitative estimate of drug-likeness (QED) is 0.848. The van der Waals surface area contributed by atoms with E-state index in [1.807, 2.05) is 0 Å². The van der Waals surface area contributed by atoms with Crippen molar-refractivity contribution in [1.82, 2.24) is 0 Å². The van der Waals surface area contributed by atoms with Crippen molar-refractivity contribution in [3.8, 4) is 0 Å². The van der Waals surface area contributed by atoms with Gasteiger partial charge in [-0.2, -0.15) is 0 Å². The number of aryl methyl sites for hydroxylation is 1. The number of thiocarbonyl (C=S) groups is 1. The van der Waals surface area contributed by atoms with Crippen molar-refractivity contribution >= 4 is 40.4 Å². The van der Waals surface area contributed by atoms with Crippen LogP contribution in [0.1, 0.15) is 21.5 Å². The summed E-state index contributed by atoms with van der Waals surface area (Å²) in [5.74, 6) is -0.901. The van der Waals surface area contributed by atoms with Crippen LogP contribution >= 0.6 is 23.8 Å². The molecule has 2 aromatic rings. The Morgan fingerprint density at radius 2 is 1.90 bits per heavy atom. The van der Waals surface area contributed by atoms with Crippen LogP contribution in [0.25, 0.3) is 0 Å². The monoisotopic (exact) mass is 322 g/mol. The number of hydrogen-bond donors (Lipinski definition) is 2. The number of nitrogens with one attached hydrogen (secondary N) is 1. The molecule has 0 bridgehead atoms. The lowest BCUT2D eigenvalue weighted by molar-refractivity contribution is 0.102. The number of anilines is 1. The summed E-state index contributed by atoms with van der Waals surface area (Å²) in [6.07, 6.45) is 0. The number of hydrogen-bond acceptors (Lipinski definition) is 2. The minimum absolute atomic E-state index is 0.198. The molecule has 0 aliphatic heterocycles. The van der Waals surface area contributed by atoms with Crippen LogP contribution in [-0.2, 0) is 0 Å². The molecule has 3 N–H and O–H groups in total. The van der Waals surface area contributed by atoms with Gasteiger partial charge >= 0.3 is 0 Å². The van der Waals surface area contributed by atoms with Gasteiger partial charge in [0, 0.05) is 11.1 Å². The number of benzene rings is 2. The molecule has 3 nitrogen and oxygen atoms in total. The van der Waals surface area contributed by atoms with E-state index >= 15 is 0 Å². The predicted octanol–water partition coefficient (Wildman–Crippen LogP) is 3.67. The van der Waals surface area contributed by atoms with E-state index in [1.54, 1.807) is 31.2 Å². The summed E-state index contributed by atoms with van der Waals surface area (Å²) in [4.78, 5) is 12.3. The van der Waals surface area contributed by atoms with Crippen LogP contribution in [0, 0.1) is 12.7 Å². The maximum atomic E-state index is 13.5. The smallest absolute Gasteiger partial charge is 0.255 e. The molecule has 0 saturated carbocycles.